The second-order valence-corrected chi connectivity index (χ2v) is 12.1. The molecule has 2 aromatic rings. The number of ether oxygens (including phenoxy) is 2. The van der Waals surface area contributed by atoms with E-state index in [0.29, 0.717) is 16.5 Å². The van der Waals surface area contributed by atoms with Gasteiger partial charge in [-0.2, -0.15) is 0 Å². The van der Waals surface area contributed by atoms with Crippen molar-refractivity contribution in [3.05, 3.63) is 63.6 Å². The first-order chi connectivity index (χ1) is 17.8. The molecule has 1 saturated heterocycles. The quantitative estimate of drug-likeness (QED) is 0.409. The molecule has 37 heavy (non-hydrogen) atoms. The molecule has 1 heterocycles. The predicted molar refractivity (Wildman–Crippen MR) is 149 cm³/mol. The van der Waals surface area contributed by atoms with Crippen LogP contribution in [0.3, 0.4) is 0 Å². The van der Waals surface area contributed by atoms with Crippen molar-refractivity contribution in [3.8, 4) is 5.75 Å². The standard InChI is InChI=1S/C30H38Cl2N2O3/c1-33(28(35)16-22-9-10-26(31)27(32)15-22)24-11-12-30(37-3)20-34(19-21-7-8-21)14-13-29(30,18-24)23-5-4-6-25(17-23)36-2/h4-6,9-10,15,17,21,24H,7-8,11-14,16,18-20H2,1-3H3/t24-,29-,30-/m0/s1. The Balaban J connectivity index is 1.42. The van der Waals surface area contributed by atoms with Crippen LogP contribution in [-0.4, -0.2) is 68.3 Å². The number of rotatable bonds is 8. The SMILES string of the molecule is COc1cccc([C@@]23CCN(CC4CC4)C[C@@]2(OC)CC[C@H](N(C)C(=O)Cc2ccc(Cl)c(Cl)c2)C3)c1. The first kappa shape index (κ1) is 26.8. The lowest BCUT2D eigenvalue weighted by atomic mass is 9.55. The third-order valence-corrected chi connectivity index (χ3v) is 9.92. The molecule has 0 aromatic heterocycles. The molecular formula is C30H38Cl2N2O3. The van der Waals surface area contributed by atoms with Crippen LogP contribution in [0.5, 0.6) is 5.75 Å². The van der Waals surface area contributed by atoms with Crippen molar-refractivity contribution in [1.82, 2.24) is 9.80 Å². The highest BCUT2D eigenvalue weighted by Crippen LogP contribution is 2.54. The topological polar surface area (TPSA) is 42.0 Å². The minimum atomic E-state index is -0.295. The maximum Gasteiger partial charge on any atom is 0.226 e. The minimum absolute atomic E-state index is 0.0975. The summed E-state index contributed by atoms with van der Waals surface area (Å²) < 4.78 is 12.2. The highest BCUT2D eigenvalue weighted by molar-refractivity contribution is 6.42. The highest BCUT2D eigenvalue weighted by atomic mass is 35.5. The van der Waals surface area contributed by atoms with Crippen LogP contribution in [0.4, 0.5) is 0 Å². The number of likely N-dealkylation sites (N-methyl/N-ethyl adjacent to an activating group) is 1. The average Bonchev–Trinajstić information content (AvgIpc) is 3.74. The molecule has 0 unspecified atom stereocenters. The summed E-state index contributed by atoms with van der Waals surface area (Å²) in [6, 6.07) is 14.1. The van der Waals surface area contributed by atoms with E-state index < -0.39 is 0 Å². The molecule has 0 N–H and O–H groups in total. The lowest BCUT2D eigenvalue weighted by molar-refractivity contribution is -0.160. The Labute approximate surface area is 231 Å². The van der Waals surface area contributed by atoms with Gasteiger partial charge in [0.1, 0.15) is 5.75 Å². The molecule has 3 atom stereocenters. The Morgan fingerprint density at radius 2 is 1.89 bits per heavy atom. The molecular weight excluding hydrogens is 507 g/mol. The van der Waals surface area contributed by atoms with E-state index in [4.69, 9.17) is 32.7 Å². The fourth-order valence-corrected chi connectivity index (χ4v) is 7.11. The number of methoxy groups -OCH3 is 2. The van der Waals surface area contributed by atoms with Crippen molar-refractivity contribution in [2.75, 3.05) is 40.9 Å². The van der Waals surface area contributed by atoms with Gasteiger partial charge < -0.3 is 19.3 Å². The highest BCUT2D eigenvalue weighted by Gasteiger charge is 2.59. The Bertz CT molecular complexity index is 1140. The first-order valence-corrected chi connectivity index (χ1v) is 14.2. The summed E-state index contributed by atoms with van der Waals surface area (Å²) in [4.78, 5) is 18.0. The third kappa shape index (κ3) is 5.25. The van der Waals surface area contributed by atoms with E-state index in [1.54, 1.807) is 19.2 Å². The molecule has 1 aliphatic heterocycles. The number of halogens is 2. The zero-order valence-electron chi connectivity index (χ0n) is 22.1. The molecule has 0 spiro atoms. The third-order valence-electron chi connectivity index (χ3n) is 9.18. The lowest BCUT2D eigenvalue weighted by Crippen LogP contribution is -2.68. The molecule has 0 bridgehead atoms. The van der Waals surface area contributed by atoms with Crippen molar-refractivity contribution in [1.29, 1.82) is 0 Å². The summed E-state index contributed by atoms with van der Waals surface area (Å²) in [6.45, 7) is 3.15. The van der Waals surface area contributed by atoms with E-state index in [1.807, 2.05) is 31.2 Å². The summed E-state index contributed by atoms with van der Waals surface area (Å²) >= 11 is 12.3. The maximum absolute atomic E-state index is 13.4. The van der Waals surface area contributed by atoms with Crippen molar-refractivity contribution in [2.24, 2.45) is 5.92 Å². The van der Waals surface area contributed by atoms with Crippen molar-refractivity contribution in [2.45, 2.75) is 62.0 Å². The number of fused-ring (bicyclic) bond motifs is 1. The second-order valence-electron chi connectivity index (χ2n) is 11.3. The summed E-state index contributed by atoms with van der Waals surface area (Å²) in [6.07, 6.45) is 6.72. The molecule has 3 aliphatic rings. The van der Waals surface area contributed by atoms with Crippen molar-refractivity contribution >= 4 is 29.1 Å². The zero-order valence-corrected chi connectivity index (χ0v) is 23.7. The molecule has 1 amide bonds. The number of hydrogen-bond acceptors (Lipinski definition) is 4. The number of likely N-dealkylation sites (tertiary alicyclic amines) is 1. The van der Waals surface area contributed by atoms with Gasteiger partial charge in [-0.25, -0.2) is 0 Å². The van der Waals surface area contributed by atoms with Crippen LogP contribution in [0, 0.1) is 5.92 Å². The first-order valence-electron chi connectivity index (χ1n) is 13.4. The number of carbonyl (C=O) groups excluding carboxylic acids is 1. The summed E-state index contributed by atoms with van der Waals surface area (Å²) in [5.74, 6) is 1.81. The van der Waals surface area contributed by atoms with Gasteiger partial charge >= 0.3 is 0 Å². The number of nitrogens with zero attached hydrogens (tertiary/aromatic N) is 2. The van der Waals surface area contributed by atoms with E-state index in [9.17, 15) is 4.79 Å². The molecule has 5 rings (SSSR count). The summed E-state index contributed by atoms with van der Waals surface area (Å²) in [5.41, 5.74) is 1.65. The average molecular weight is 546 g/mol. The van der Waals surface area contributed by atoms with Gasteiger partial charge in [-0.05, 0) is 86.4 Å². The Kier molecular flexibility index (Phi) is 7.80. The second kappa shape index (κ2) is 10.8. The minimum Gasteiger partial charge on any atom is -0.497 e. The van der Waals surface area contributed by atoms with Crippen LogP contribution in [0.25, 0.3) is 0 Å². The fourth-order valence-electron chi connectivity index (χ4n) is 6.79. The number of piperidine rings is 1. The number of amides is 1. The number of hydrogen-bond donors (Lipinski definition) is 0. The van der Waals surface area contributed by atoms with Crippen LogP contribution in [0.15, 0.2) is 42.5 Å². The predicted octanol–water partition coefficient (Wildman–Crippen LogP) is 5.99. The van der Waals surface area contributed by atoms with Crippen molar-refractivity contribution in [3.63, 3.8) is 0 Å². The van der Waals surface area contributed by atoms with Gasteiger partial charge in [-0.1, -0.05) is 41.4 Å². The van der Waals surface area contributed by atoms with E-state index in [0.717, 1.165) is 56.0 Å². The van der Waals surface area contributed by atoms with E-state index in [-0.39, 0.29) is 23.0 Å². The van der Waals surface area contributed by atoms with E-state index in [1.165, 1.54) is 24.9 Å². The van der Waals surface area contributed by atoms with Gasteiger partial charge in [-0.3, -0.25) is 4.79 Å². The lowest BCUT2D eigenvalue weighted by Gasteiger charge is -2.60. The molecule has 2 aromatic carbocycles. The van der Waals surface area contributed by atoms with E-state index in [2.05, 4.69) is 23.1 Å². The van der Waals surface area contributed by atoms with Crippen LogP contribution in [0.1, 0.15) is 49.7 Å². The Morgan fingerprint density at radius 3 is 2.59 bits per heavy atom. The van der Waals surface area contributed by atoms with E-state index >= 15 is 0 Å². The number of benzene rings is 2. The molecule has 7 heteroatoms. The van der Waals surface area contributed by atoms with Gasteiger partial charge in [0.25, 0.3) is 0 Å². The van der Waals surface area contributed by atoms with Gasteiger partial charge in [0.2, 0.25) is 5.91 Å². The summed E-state index contributed by atoms with van der Waals surface area (Å²) in [7, 11) is 5.55. The Morgan fingerprint density at radius 1 is 1.08 bits per heavy atom. The fraction of sp³-hybridized carbons (Fsp3) is 0.567. The van der Waals surface area contributed by atoms with Gasteiger partial charge in [0.15, 0.2) is 0 Å². The van der Waals surface area contributed by atoms with Gasteiger partial charge in [0.05, 0.1) is 29.2 Å². The molecule has 5 nitrogen and oxygen atoms in total. The van der Waals surface area contributed by atoms with Crippen LogP contribution >= 0.6 is 23.2 Å². The molecule has 2 saturated carbocycles. The van der Waals surface area contributed by atoms with Gasteiger partial charge in [0, 0.05) is 38.7 Å². The number of carbonyl (C=O) groups is 1. The van der Waals surface area contributed by atoms with Crippen molar-refractivity contribution < 1.29 is 14.3 Å². The maximum atomic E-state index is 13.4. The monoisotopic (exact) mass is 544 g/mol. The molecule has 2 aliphatic carbocycles. The Hall–Kier alpha value is -1.79. The van der Waals surface area contributed by atoms with Crippen LogP contribution in [-0.2, 0) is 21.4 Å². The van der Waals surface area contributed by atoms with Gasteiger partial charge in [-0.15, -0.1) is 0 Å². The van der Waals surface area contributed by atoms with Crippen LogP contribution in [0.2, 0.25) is 10.0 Å². The largest absolute Gasteiger partial charge is 0.497 e. The zero-order chi connectivity index (χ0) is 26.2. The molecule has 200 valence electrons. The molecule has 3 fully saturated rings. The molecule has 0 radical (unpaired) electrons. The normalized spacial score (nSPS) is 28.0. The van der Waals surface area contributed by atoms with Crippen LogP contribution < -0.4 is 4.74 Å². The summed E-state index contributed by atoms with van der Waals surface area (Å²) in [5, 5.41) is 0.981. The smallest absolute Gasteiger partial charge is 0.226 e.